The van der Waals surface area contributed by atoms with Gasteiger partial charge in [0.1, 0.15) is 5.54 Å². The molecule has 0 radical (unpaired) electrons. The van der Waals surface area contributed by atoms with E-state index in [2.05, 4.69) is 11.9 Å². The Balaban J connectivity index is 4.44. The number of nitrogens with zero attached hydrogens (tertiary/aromatic N) is 1. The number of aliphatic carboxylic acids is 1. The van der Waals surface area contributed by atoms with Crippen LogP contribution in [0, 0.1) is 0 Å². The Bertz CT molecular complexity index is 289. The van der Waals surface area contributed by atoms with Crippen molar-refractivity contribution in [1.82, 2.24) is 10.2 Å². The Morgan fingerprint density at radius 2 is 2.00 bits per heavy atom. The number of urea groups is 1. The zero-order valence-corrected chi connectivity index (χ0v) is 9.76. The zero-order chi connectivity index (χ0) is 12.2. The van der Waals surface area contributed by atoms with Gasteiger partial charge in [0.25, 0.3) is 0 Å². The lowest BCUT2D eigenvalue weighted by molar-refractivity contribution is -0.146. The normalized spacial score (nSPS) is 10.7. The third kappa shape index (κ3) is 3.79. The standard InChI is InChI=1S/C9H15ClN2O3/c1-6(10)5-11-8(15)12(4)9(2,3)7(13)14/h1,5H2,2-4H3,(H,11,15)(H,13,14). The van der Waals surface area contributed by atoms with Crippen LogP contribution in [0.2, 0.25) is 0 Å². The summed E-state index contributed by atoms with van der Waals surface area (Å²) in [4.78, 5) is 23.4. The van der Waals surface area contributed by atoms with Gasteiger partial charge in [-0.25, -0.2) is 9.59 Å². The number of rotatable bonds is 4. The fourth-order valence-corrected chi connectivity index (χ4v) is 0.754. The average molecular weight is 235 g/mol. The number of amides is 2. The van der Waals surface area contributed by atoms with Crippen LogP contribution in [0.15, 0.2) is 11.6 Å². The van der Waals surface area contributed by atoms with Crippen LogP contribution >= 0.6 is 11.6 Å². The molecule has 0 spiro atoms. The highest BCUT2D eigenvalue weighted by atomic mass is 35.5. The highest BCUT2D eigenvalue weighted by Crippen LogP contribution is 2.12. The highest BCUT2D eigenvalue weighted by Gasteiger charge is 2.35. The predicted octanol–water partition coefficient (Wildman–Crippen LogP) is 1.24. The van der Waals surface area contributed by atoms with Crippen molar-refractivity contribution in [2.24, 2.45) is 0 Å². The molecule has 2 amide bonds. The van der Waals surface area contributed by atoms with Gasteiger partial charge < -0.3 is 15.3 Å². The first-order chi connectivity index (χ1) is 6.69. The van der Waals surface area contributed by atoms with E-state index in [9.17, 15) is 9.59 Å². The number of halogens is 1. The summed E-state index contributed by atoms with van der Waals surface area (Å²) in [5, 5.41) is 11.6. The van der Waals surface area contributed by atoms with E-state index in [0.29, 0.717) is 0 Å². The van der Waals surface area contributed by atoms with Crippen LogP contribution in [-0.2, 0) is 4.79 Å². The maximum atomic E-state index is 11.5. The molecule has 6 heteroatoms. The Morgan fingerprint density at radius 3 is 2.33 bits per heavy atom. The summed E-state index contributed by atoms with van der Waals surface area (Å²) in [5.74, 6) is -1.08. The summed E-state index contributed by atoms with van der Waals surface area (Å²) >= 11 is 5.46. The Hall–Kier alpha value is -1.23. The molecule has 0 unspecified atom stereocenters. The van der Waals surface area contributed by atoms with Crippen LogP contribution in [0.1, 0.15) is 13.8 Å². The van der Waals surface area contributed by atoms with E-state index in [4.69, 9.17) is 16.7 Å². The van der Waals surface area contributed by atoms with E-state index in [1.54, 1.807) is 0 Å². The summed E-state index contributed by atoms with van der Waals surface area (Å²) in [6.45, 7) is 6.38. The first-order valence-electron chi connectivity index (χ1n) is 4.28. The van der Waals surface area contributed by atoms with E-state index in [0.717, 1.165) is 4.90 Å². The van der Waals surface area contributed by atoms with Gasteiger partial charge in [0.2, 0.25) is 0 Å². The second kappa shape index (κ2) is 5.02. The molecule has 0 atom stereocenters. The maximum absolute atomic E-state index is 11.5. The number of nitrogens with one attached hydrogen (secondary N) is 1. The molecule has 0 aliphatic rings. The topological polar surface area (TPSA) is 69.6 Å². The average Bonchev–Trinajstić information content (AvgIpc) is 2.12. The van der Waals surface area contributed by atoms with Gasteiger partial charge in [-0.1, -0.05) is 18.2 Å². The SMILES string of the molecule is C=C(Cl)CNC(=O)N(C)C(C)(C)C(=O)O. The first kappa shape index (κ1) is 13.8. The van der Waals surface area contributed by atoms with Crippen molar-refractivity contribution in [3.8, 4) is 0 Å². The van der Waals surface area contributed by atoms with Gasteiger partial charge >= 0.3 is 12.0 Å². The van der Waals surface area contributed by atoms with Crippen LogP contribution in [0.25, 0.3) is 0 Å². The number of hydrogen-bond donors (Lipinski definition) is 2. The maximum Gasteiger partial charge on any atom is 0.329 e. The number of hydrogen-bond acceptors (Lipinski definition) is 2. The number of carbonyl (C=O) groups is 2. The smallest absolute Gasteiger partial charge is 0.329 e. The van der Waals surface area contributed by atoms with Crippen LogP contribution < -0.4 is 5.32 Å². The second-order valence-electron chi connectivity index (χ2n) is 3.60. The third-order valence-electron chi connectivity index (χ3n) is 2.10. The molecule has 2 N–H and O–H groups in total. The molecule has 15 heavy (non-hydrogen) atoms. The fourth-order valence-electron chi connectivity index (χ4n) is 0.687. The molecule has 0 aromatic heterocycles. The van der Waals surface area contributed by atoms with Crippen molar-refractivity contribution in [2.75, 3.05) is 13.6 Å². The molecule has 0 aromatic carbocycles. The molecule has 0 fully saturated rings. The van der Waals surface area contributed by atoms with Crippen molar-refractivity contribution in [2.45, 2.75) is 19.4 Å². The zero-order valence-electron chi connectivity index (χ0n) is 9.00. The molecular formula is C9H15ClN2O3. The Kier molecular flexibility index (Phi) is 4.61. The Morgan fingerprint density at radius 1 is 1.53 bits per heavy atom. The molecule has 5 nitrogen and oxygen atoms in total. The fraction of sp³-hybridized carbons (Fsp3) is 0.556. The lowest BCUT2D eigenvalue weighted by Crippen LogP contribution is -2.54. The van der Waals surface area contributed by atoms with E-state index in [-0.39, 0.29) is 11.6 Å². The van der Waals surface area contributed by atoms with Gasteiger partial charge in [0.15, 0.2) is 0 Å². The molecule has 0 bridgehead atoms. The molecule has 0 saturated heterocycles. The molecule has 0 heterocycles. The van der Waals surface area contributed by atoms with Gasteiger partial charge in [0, 0.05) is 12.1 Å². The molecule has 0 aliphatic heterocycles. The number of carboxylic acids is 1. The van der Waals surface area contributed by atoms with E-state index in [1.165, 1.54) is 20.9 Å². The van der Waals surface area contributed by atoms with Gasteiger partial charge in [-0.2, -0.15) is 0 Å². The van der Waals surface area contributed by atoms with Gasteiger partial charge in [-0.15, -0.1) is 0 Å². The summed E-state index contributed by atoms with van der Waals surface area (Å²) in [6.07, 6.45) is 0. The van der Waals surface area contributed by atoms with Gasteiger partial charge in [0.05, 0.1) is 6.54 Å². The molecule has 0 aromatic rings. The summed E-state index contributed by atoms with van der Waals surface area (Å²) in [7, 11) is 1.40. The number of carboxylic acid groups (broad SMARTS) is 1. The molecule has 0 saturated carbocycles. The van der Waals surface area contributed by atoms with Crippen LogP contribution in [0.5, 0.6) is 0 Å². The summed E-state index contributed by atoms with van der Waals surface area (Å²) < 4.78 is 0. The minimum absolute atomic E-state index is 0.112. The first-order valence-corrected chi connectivity index (χ1v) is 4.65. The molecule has 86 valence electrons. The highest BCUT2D eigenvalue weighted by molar-refractivity contribution is 6.29. The van der Waals surface area contributed by atoms with Crippen LogP contribution in [0.4, 0.5) is 4.79 Å². The van der Waals surface area contributed by atoms with Crippen molar-refractivity contribution in [3.05, 3.63) is 11.6 Å². The number of likely N-dealkylation sites (N-methyl/N-ethyl adjacent to an activating group) is 1. The van der Waals surface area contributed by atoms with Crippen molar-refractivity contribution in [3.63, 3.8) is 0 Å². The van der Waals surface area contributed by atoms with E-state index < -0.39 is 17.5 Å². The van der Waals surface area contributed by atoms with Crippen LogP contribution in [-0.4, -0.2) is 41.1 Å². The van der Waals surface area contributed by atoms with E-state index in [1.807, 2.05) is 0 Å². The lowest BCUT2D eigenvalue weighted by Gasteiger charge is -2.31. The van der Waals surface area contributed by atoms with E-state index >= 15 is 0 Å². The van der Waals surface area contributed by atoms with Crippen molar-refractivity contribution >= 4 is 23.6 Å². The summed E-state index contributed by atoms with van der Waals surface area (Å²) in [5.41, 5.74) is -1.27. The molecule has 0 aliphatic carbocycles. The van der Waals surface area contributed by atoms with Gasteiger partial charge in [-0.05, 0) is 13.8 Å². The predicted molar refractivity (Wildman–Crippen MR) is 57.9 cm³/mol. The second-order valence-corrected chi connectivity index (χ2v) is 4.13. The Labute approximate surface area is 93.7 Å². The largest absolute Gasteiger partial charge is 0.480 e. The number of carbonyl (C=O) groups excluding carboxylic acids is 1. The van der Waals surface area contributed by atoms with Gasteiger partial charge in [-0.3, -0.25) is 0 Å². The van der Waals surface area contributed by atoms with Crippen LogP contribution in [0.3, 0.4) is 0 Å². The molecular weight excluding hydrogens is 220 g/mol. The lowest BCUT2D eigenvalue weighted by atomic mass is 10.1. The third-order valence-corrected chi connectivity index (χ3v) is 2.23. The van der Waals surface area contributed by atoms with Crippen molar-refractivity contribution in [1.29, 1.82) is 0 Å². The molecule has 0 rings (SSSR count). The monoisotopic (exact) mass is 234 g/mol. The summed E-state index contributed by atoms with van der Waals surface area (Å²) in [6, 6.07) is -0.510. The van der Waals surface area contributed by atoms with Crippen molar-refractivity contribution < 1.29 is 14.7 Å². The minimum atomic E-state index is -1.27. The minimum Gasteiger partial charge on any atom is -0.480 e. The quantitative estimate of drug-likeness (QED) is 0.769.